The zero-order valence-electron chi connectivity index (χ0n) is 39.9. The van der Waals surface area contributed by atoms with E-state index in [9.17, 15) is 0 Å². The second kappa shape index (κ2) is 20.9. The summed E-state index contributed by atoms with van der Waals surface area (Å²) >= 11 is 0. The molecule has 11 rings (SSSR count). The number of allylic oxidation sites excluding steroid dienone is 11. The van der Waals surface area contributed by atoms with Crippen LogP contribution in [0.4, 0.5) is 0 Å². The van der Waals surface area contributed by atoms with Crippen LogP contribution in [0.15, 0.2) is 241 Å². The summed E-state index contributed by atoms with van der Waals surface area (Å²) < 4.78 is 0. The predicted molar refractivity (Wildman–Crippen MR) is 289 cm³/mol. The van der Waals surface area contributed by atoms with Gasteiger partial charge in [0, 0.05) is 35.1 Å². The van der Waals surface area contributed by atoms with E-state index in [2.05, 4.69) is 151 Å². The van der Waals surface area contributed by atoms with E-state index in [-0.39, 0.29) is 6.54 Å². The van der Waals surface area contributed by atoms with Gasteiger partial charge in [0.05, 0.1) is 11.0 Å². The highest BCUT2D eigenvalue weighted by Crippen LogP contribution is 2.62. The molecule has 1 aromatic heterocycles. The van der Waals surface area contributed by atoms with Gasteiger partial charge in [-0.3, -0.25) is 4.99 Å². The Morgan fingerprint density at radius 1 is 0.686 bits per heavy atom. The summed E-state index contributed by atoms with van der Waals surface area (Å²) in [4.78, 5) is 21.4. The van der Waals surface area contributed by atoms with Gasteiger partial charge in [-0.15, -0.1) is 0 Å². The van der Waals surface area contributed by atoms with Gasteiger partial charge < -0.3 is 16.4 Å². The smallest absolute Gasteiger partial charge is 0.163 e. The Labute approximate surface area is 413 Å². The molecule has 70 heavy (non-hydrogen) atoms. The van der Waals surface area contributed by atoms with E-state index in [1.165, 1.54) is 24.8 Å². The van der Waals surface area contributed by atoms with E-state index < -0.39 is 11.0 Å². The lowest BCUT2D eigenvalue weighted by molar-refractivity contribution is 0.400. The van der Waals surface area contributed by atoms with Crippen LogP contribution >= 0.6 is 0 Å². The third-order valence-electron chi connectivity index (χ3n) is 14.3. The number of nitrogens with two attached hydrogens (primary N) is 1. The summed E-state index contributed by atoms with van der Waals surface area (Å²) in [7, 11) is 0. The van der Waals surface area contributed by atoms with E-state index in [0.717, 1.165) is 77.2 Å². The molecule has 2 heterocycles. The lowest BCUT2D eigenvalue weighted by Gasteiger charge is -2.42. The minimum atomic E-state index is -0.915. The first-order valence-corrected chi connectivity index (χ1v) is 24.8. The van der Waals surface area contributed by atoms with Gasteiger partial charge in [-0.05, 0) is 79.8 Å². The van der Waals surface area contributed by atoms with Gasteiger partial charge in [0.2, 0.25) is 0 Å². The third-order valence-corrected chi connectivity index (χ3v) is 14.3. The van der Waals surface area contributed by atoms with Crippen molar-refractivity contribution >= 4 is 17.0 Å². The molecular formula is C63H61N7. The normalized spacial score (nSPS) is 22.7. The maximum absolute atomic E-state index is 7.16. The summed E-state index contributed by atoms with van der Waals surface area (Å²) in [6.45, 7) is 4.57. The number of hydrogen-bond donors (Lipinski definition) is 3. The third kappa shape index (κ3) is 9.76. The topological polar surface area (TPSA) is 101 Å². The SMILES string of the molecule is C1=CCCC(C23C=CC=C2C3)=C1.C=C(CC/C=C\NC1=C(c2ccccc2)C(CN)(c2nc(-c3ccccc3)nc(-c3ccccc3)n2)CC(=NC2(c3ccccc3)CC=CCC2)N1)c1ccccc1. The molecule has 0 radical (unpaired) electrons. The molecular weight excluding hydrogens is 855 g/mol. The standard InChI is InChI=1S/C51H49N7.C12H12/c1-38(39-23-8-2-9-24-39)22-18-21-35-53-48-45(40-25-10-3-11-26-40)50(37-52,36-44(54-48)58-51(33-19-7-20-34-51)43-31-16-6-17-32-43)49-56-46(41-27-12-4-13-28-41)55-47(57-49)42-29-14-5-15-30-42;1-2-5-10(6-3-1)12-8-4-7-11(12)9-12/h2-17,19,21,23-32,35,53H,1,18,20,22,33-34,36-37,52H2,(H,54,58);1-2,4-5,7-8H,3,6,9H2/b35-21-;. The molecule has 4 N–H and O–H groups in total. The van der Waals surface area contributed by atoms with E-state index >= 15 is 0 Å². The number of hydrogen-bond acceptors (Lipinski definition) is 6. The summed E-state index contributed by atoms with van der Waals surface area (Å²) in [5.41, 5.74) is 16.7. The summed E-state index contributed by atoms with van der Waals surface area (Å²) in [5, 5.41) is 7.51. The Hall–Kier alpha value is -7.74. The minimum absolute atomic E-state index is 0.217. The fraction of sp³-hybridized carbons (Fsp3) is 0.206. The van der Waals surface area contributed by atoms with Crippen LogP contribution in [0.1, 0.15) is 80.3 Å². The van der Waals surface area contributed by atoms with Gasteiger partial charge in [-0.2, -0.15) is 0 Å². The quantitative estimate of drug-likeness (QED) is 0.0941. The number of aliphatic imine (C=N–C) groups is 1. The Kier molecular flexibility index (Phi) is 13.7. The van der Waals surface area contributed by atoms with Crippen molar-refractivity contribution in [2.24, 2.45) is 16.1 Å². The van der Waals surface area contributed by atoms with Crippen molar-refractivity contribution in [3.8, 4) is 22.8 Å². The summed E-state index contributed by atoms with van der Waals surface area (Å²) in [6, 6.07) is 51.6. The van der Waals surface area contributed by atoms with Crippen LogP contribution in [-0.2, 0) is 11.0 Å². The summed E-state index contributed by atoms with van der Waals surface area (Å²) in [5.74, 6) is 3.38. The summed E-state index contributed by atoms with van der Waals surface area (Å²) in [6.07, 6.45) is 30.8. The molecule has 5 aromatic carbocycles. The maximum atomic E-state index is 7.16. The van der Waals surface area contributed by atoms with Crippen molar-refractivity contribution in [2.45, 2.75) is 68.7 Å². The lowest BCUT2D eigenvalue weighted by atomic mass is 9.70. The molecule has 348 valence electrons. The average molecular weight is 916 g/mol. The van der Waals surface area contributed by atoms with Gasteiger partial charge >= 0.3 is 0 Å². The monoisotopic (exact) mass is 915 g/mol. The van der Waals surface area contributed by atoms with Crippen molar-refractivity contribution < 1.29 is 0 Å². The number of rotatable bonds is 14. The molecule has 7 nitrogen and oxygen atoms in total. The number of fused-ring (bicyclic) bond motifs is 1. The molecule has 0 bridgehead atoms. The van der Waals surface area contributed by atoms with Crippen LogP contribution in [0, 0.1) is 5.41 Å². The van der Waals surface area contributed by atoms with E-state index in [1.54, 1.807) is 11.1 Å². The van der Waals surface area contributed by atoms with Crippen molar-refractivity contribution in [3.63, 3.8) is 0 Å². The van der Waals surface area contributed by atoms with Gasteiger partial charge in [0.25, 0.3) is 0 Å². The molecule has 4 aliphatic carbocycles. The minimum Gasteiger partial charge on any atom is -0.348 e. The second-order valence-electron chi connectivity index (χ2n) is 18.8. The van der Waals surface area contributed by atoms with Gasteiger partial charge in [0.15, 0.2) is 11.6 Å². The lowest BCUT2D eigenvalue weighted by Crippen LogP contribution is -2.51. The van der Waals surface area contributed by atoms with Crippen LogP contribution in [0.5, 0.6) is 0 Å². The molecule has 6 aromatic rings. The molecule has 0 amide bonds. The molecule has 1 aliphatic heterocycles. The Balaban J connectivity index is 0.000000406. The largest absolute Gasteiger partial charge is 0.348 e. The second-order valence-corrected chi connectivity index (χ2v) is 18.8. The average Bonchev–Trinajstić information content (AvgIpc) is 4.00. The first kappa shape index (κ1) is 46.0. The fourth-order valence-corrected chi connectivity index (χ4v) is 10.5. The van der Waals surface area contributed by atoms with E-state index in [1.807, 2.05) is 79.0 Å². The molecule has 7 heteroatoms. The molecule has 5 aliphatic rings. The van der Waals surface area contributed by atoms with E-state index in [4.69, 9.17) is 25.7 Å². The maximum Gasteiger partial charge on any atom is 0.163 e. The molecule has 3 unspecified atom stereocenters. The van der Waals surface area contributed by atoms with Crippen LogP contribution in [0.3, 0.4) is 0 Å². The molecule has 0 spiro atoms. The van der Waals surface area contributed by atoms with Crippen LogP contribution in [0.25, 0.3) is 33.9 Å². The first-order valence-electron chi connectivity index (χ1n) is 24.8. The number of aromatic nitrogens is 3. The van der Waals surface area contributed by atoms with Crippen molar-refractivity contribution in [1.29, 1.82) is 0 Å². The Morgan fingerprint density at radius 2 is 1.31 bits per heavy atom. The van der Waals surface area contributed by atoms with Crippen molar-refractivity contribution in [1.82, 2.24) is 25.6 Å². The molecule has 1 fully saturated rings. The van der Waals surface area contributed by atoms with Crippen LogP contribution < -0.4 is 16.4 Å². The molecule has 3 atom stereocenters. The van der Waals surface area contributed by atoms with Gasteiger partial charge in [-0.1, -0.05) is 224 Å². The van der Waals surface area contributed by atoms with Gasteiger partial charge in [-0.25, -0.2) is 15.0 Å². The van der Waals surface area contributed by atoms with E-state index in [0.29, 0.717) is 29.3 Å². The highest BCUT2D eigenvalue weighted by Gasteiger charge is 2.50. The zero-order valence-corrected chi connectivity index (χ0v) is 39.9. The van der Waals surface area contributed by atoms with Crippen LogP contribution in [-0.4, -0.2) is 27.3 Å². The molecule has 1 saturated carbocycles. The van der Waals surface area contributed by atoms with Crippen molar-refractivity contribution in [3.05, 3.63) is 259 Å². The fourth-order valence-electron chi connectivity index (χ4n) is 10.5. The predicted octanol–water partition coefficient (Wildman–Crippen LogP) is 13.5. The van der Waals surface area contributed by atoms with Crippen LogP contribution in [0.2, 0.25) is 0 Å². The molecule has 0 saturated heterocycles. The number of benzene rings is 5. The van der Waals surface area contributed by atoms with Crippen molar-refractivity contribution in [2.75, 3.05) is 6.54 Å². The Morgan fingerprint density at radius 3 is 1.89 bits per heavy atom. The number of nitrogens with one attached hydrogen (secondary N) is 2. The Bertz CT molecular complexity index is 3000. The van der Waals surface area contributed by atoms with Gasteiger partial charge in [0.1, 0.15) is 17.5 Å². The zero-order chi connectivity index (χ0) is 47.6. The first-order chi connectivity index (χ1) is 34.5. The highest BCUT2D eigenvalue weighted by atomic mass is 15.2. The number of amidine groups is 1. The number of nitrogens with zero attached hydrogens (tertiary/aromatic N) is 4. The highest BCUT2D eigenvalue weighted by molar-refractivity contribution is 5.95.